The van der Waals surface area contributed by atoms with E-state index in [2.05, 4.69) is 15.1 Å². The predicted molar refractivity (Wildman–Crippen MR) is 92.1 cm³/mol. The van der Waals surface area contributed by atoms with Crippen LogP contribution in [0.15, 0.2) is 58.2 Å². The Kier molecular flexibility index (Phi) is 4.16. The highest BCUT2D eigenvalue weighted by atomic mass is 32.2. The number of nitrogens with zero attached hydrogens (tertiary/aromatic N) is 5. The highest BCUT2D eigenvalue weighted by molar-refractivity contribution is 7.89. The molecule has 11 heteroatoms. The molecule has 1 aliphatic rings. The zero-order valence-corrected chi connectivity index (χ0v) is 14.6. The third kappa shape index (κ3) is 3.06. The average molecular weight is 387 g/mol. The number of sulfonamides is 1. The van der Waals surface area contributed by atoms with Crippen LogP contribution in [0.3, 0.4) is 0 Å². The van der Waals surface area contributed by atoms with Gasteiger partial charge < -0.3 is 4.52 Å². The van der Waals surface area contributed by atoms with Crippen LogP contribution >= 0.6 is 0 Å². The summed E-state index contributed by atoms with van der Waals surface area (Å²) >= 11 is 0. The molecule has 0 aliphatic carbocycles. The molecule has 27 heavy (non-hydrogen) atoms. The highest BCUT2D eigenvalue weighted by Crippen LogP contribution is 2.34. The summed E-state index contributed by atoms with van der Waals surface area (Å²) in [6.07, 6.45) is 3.22. The third-order valence-corrected chi connectivity index (χ3v) is 6.12. The fraction of sp³-hybridized carbons (Fsp3) is 0.188. The summed E-state index contributed by atoms with van der Waals surface area (Å²) in [4.78, 5) is 18.4. The van der Waals surface area contributed by atoms with Crippen LogP contribution in [0, 0.1) is 10.1 Å². The van der Waals surface area contributed by atoms with E-state index in [0.29, 0.717) is 17.3 Å². The van der Waals surface area contributed by atoms with Gasteiger partial charge in [0.05, 0.1) is 10.8 Å². The molecule has 0 radical (unpaired) electrons. The zero-order valence-electron chi connectivity index (χ0n) is 13.8. The first-order valence-electron chi connectivity index (χ1n) is 7.94. The van der Waals surface area contributed by atoms with Gasteiger partial charge in [0.2, 0.25) is 21.7 Å². The van der Waals surface area contributed by atoms with Gasteiger partial charge in [-0.05, 0) is 18.2 Å². The summed E-state index contributed by atoms with van der Waals surface area (Å²) in [6, 6.07) is 8.81. The number of hydrogen-bond acceptors (Lipinski definition) is 8. The molecule has 3 heterocycles. The Morgan fingerprint density at radius 1 is 1.19 bits per heavy atom. The van der Waals surface area contributed by atoms with Crippen molar-refractivity contribution in [3.63, 3.8) is 0 Å². The van der Waals surface area contributed by atoms with Crippen molar-refractivity contribution < 1.29 is 17.9 Å². The van der Waals surface area contributed by atoms with E-state index in [1.165, 1.54) is 24.3 Å². The molecule has 138 valence electrons. The molecule has 4 rings (SSSR count). The second-order valence-electron chi connectivity index (χ2n) is 5.94. The van der Waals surface area contributed by atoms with Crippen LogP contribution in [0.25, 0.3) is 11.4 Å². The number of hydrogen-bond donors (Lipinski definition) is 0. The van der Waals surface area contributed by atoms with E-state index in [0.717, 1.165) is 4.31 Å². The van der Waals surface area contributed by atoms with Gasteiger partial charge in [-0.25, -0.2) is 8.42 Å². The fourth-order valence-electron chi connectivity index (χ4n) is 2.77. The van der Waals surface area contributed by atoms with E-state index in [1.807, 2.05) is 0 Å². The topological polar surface area (TPSA) is 132 Å². The van der Waals surface area contributed by atoms with Gasteiger partial charge >= 0.3 is 0 Å². The molecule has 1 saturated heterocycles. The van der Waals surface area contributed by atoms with Crippen LogP contribution in [0.5, 0.6) is 0 Å². The maximum Gasteiger partial charge on any atom is 0.289 e. The van der Waals surface area contributed by atoms with Crippen molar-refractivity contribution in [3.8, 4) is 11.4 Å². The normalized spacial score (nSPS) is 15.4. The summed E-state index contributed by atoms with van der Waals surface area (Å²) in [5.74, 6) is 0.432. The van der Waals surface area contributed by atoms with Gasteiger partial charge in [-0.1, -0.05) is 17.3 Å². The summed E-state index contributed by atoms with van der Waals surface area (Å²) in [5.41, 5.74) is 0.244. The van der Waals surface area contributed by atoms with E-state index in [4.69, 9.17) is 4.52 Å². The lowest BCUT2D eigenvalue weighted by Crippen LogP contribution is -2.48. The minimum Gasteiger partial charge on any atom is -0.339 e. The second kappa shape index (κ2) is 6.52. The maximum atomic E-state index is 12.7. The SMILES string of the molecule is O=[N+]([O-])c1ccccc1S(=O)(=O)N1CC(c2nc(-c3cccnc3)no2)C1. The number of benzene rings is 1. The van der Waals surface area contributed by atoms with Gasteiger partial charge in [0, 0.05) is 37.1 Å². The number of nitro benzene ring substituents is 1. The van der Waals surface area contributed by atoms with Gasteiger partial charge in [0.25, 0.3) is 5.69 Å². The number of nitro groups is 1. The Labute approximate surface area is 153 Å². The summed E-state index contributed by atoms with van der Waals surface area (Å²) in [7, 11) is -3.97. The van der Waals surface area contributed by atoms with Crippen LogP contribution in [0.4, 0.5) is 5.69 Å². The van der Waals surface area contributed by atoms with E-state index in [1.54, 1.807) is 24.5 Å². The van der Waals surface area contributed by atoms with Crippen LogP contribution < -0.4 is 0 Å². The van der Waals surface area contributed by atoms with Gasteiger partial charge in [-0.2, -0.15) is 9.29 Å². The lowest BCUT2D eigenvalue weighted by molar-refractivity contribution is -0.387. The molecule has 0 spiro atoms. The standard InChI is InChI=1S/C16H13N5O5S/c22-21(23)13-5-1-2-6-14(13)27(24,25)20-9-12(10-20)16-18-15(19-26-16)11-4-3-7-17-8-11/h1-8,12H,9-10H2. The Bertz CT molecular complexity index is 1090. The maximum absolute atomic E-state index is 12.7. The molecule has 0 atom stereocenters. The molecular weight excluding hydrogens is 374 g/mol. The van der Waals surface area contributed by atoms with Crippen LogP contribution in [0.1, 0.15) is 11.8 Å². The molecule has 10 nitrogen and oxygen atoms in total. The molecule has 0 unspecified atom stereocenters. The van der Waals surface area contributed by atoms with Crippen molar-refractivity contribution >= 4 is 15.7 Å². The molecule has 2 aromatic heterocycles. The summed E-state index contributed by atoms with van der Waals surface area (Å²) in [6.45, 7) is 0.228. The Balaban J connectivity index is 1.51. The van der Waals surface area contributed by atoms with Crippen molar-refractivity contribution in [2.75, 3.05) is 13.1 Å². The number of aromatic nitrogens is 3. The van der Waals surface area contributed by atoms with Gasteiger partial charge in [-0.15, -0.1) is 0 Å². The van der Waals surface area contributed by atoms with Gasteiger partial charge in [0.1, 0.15) is 0 Å². The Morgan fingerprint density at radius 3 is 2.67 bits per heavy atom. The van der Waals surface area contributed by atoms with Crippen LogP contribution in [-0.2, 0) is 10.0 Å². The van der Waals surface area contributed by atoms with Gasteiger partial charge in [0.15, 0.2) is 4.90 Å². The molecule has 1 aromatic carbocycles. The quantitative estimate of drug-likeness (QED) is 0.478. The molecular formula is C16H13N5O5S. The Hall–Kier alpha value is -3.18. The summed E-state index contributed by atoms with van der Waals surface area (Å²) < 4.78 is 31.8. The monoisotopic (exact) mass is 387 g/mol. The van der Waals surface area contributed by atoms with Crippen LogP contribution in [-0.4, -0.2) is 45.9 Å². The fourth-order valence-corrected chi connectivity index (χ4v) is 4.46. The average Bonchev–Trinajstić information content (AvgIpc) is 3.10. The lowest BCUT2D eigenvalue weighted by atomic mass is 10.0. The van der Waals surface area contributed by atoms with Crippen molar-refractivity contribution in [1.82, 2.24) is 19.4 Å². The van der Waals surface area contributed by atoms with Gasteiger partial charge in [-0.3, -0.25) is 15.1 Å². The van der Waals surface area contributed by atoms with E-state index in [-0.39, 0.29) is 23.9 Å². The van der Waals surface area contributed by atoms with Crippen molar-refractivity contribution in [3.05, 3.63) is 64.8 Å². The molecule has 3 aromatic rings. The molecule has 0 amide bonds. The lowest BCUT2D eigenvalue weighted by Gasteiger charge is -2.35. The van der Waals surface area contributed by atoms with Crippen molar-refractivity contribution in [2.24, 2.45) is 0 Å². The third-order valence-electron chi connectivity index (χ3n) is 4.24. The number of para-hydroxylation sites is 1. The first kappa shape index (κ1) is 17.2. The predicted octanol–water partition coefficient (Wildman–Crippen LogP) is 1.83. The Morgan fingerprint density at radius 2 is 1.96 bits per heavy atom. The minimum absolute atomic E-state index is 0.114. The van der Waals surface area contributed by atoms with Crippen molar-refractivity contribution in [1.29, 1.82) is 0 Å². The molecule has 0 bridgehead atoms. The first-order chi connectivity index (χ1) is 13.0. The molecule has 1 fully saturated rings. The van der Waals surface area contributed by atoms with Crippen LogP contribution in [0.2, 0.25) is 0 Å². The van der Waals surface area contributed by atoms with E-state index >= 15 is 0 Å². The smallest absolute Gasteiger partial charge is 0.289 e. The van der Waals surface area contributed by atoms with Crippen molar-refractivity contribution in [2.45, 2.75) is 10.8 Å². The van der Waals surface area contributed by atoms with E-state index in [9.17, 15) is 18.5 Å². The number of rotatable bonds is 5. The molecule has 0 N–H and O–H groups in total. The first-order valence-corrected chi connectivity index (χ1v) is 9.38. The minimum atomic E-state index is -3.97. The summed E-state index contributed by atoms with van der Waals surface area (Å²) in [5, 5.41) is 15.0. The van der Waals surface area contributed by atoms with E-state index < -0.39 is 20.6 Å². The molecule has 0 saturated carbocycles. The second-order valence-corrected chi connectivity index (χ2v) is 7.85. The largest absolute Gasteiger partial charge is 0.339 e. The zero-order chi connectivity index (χ0) is 19.0. The highest BCUT2D eigenvalue weighted by Gasteiger charge is 2.42. The number of pyridine rings is 1. The molecule has 1 aliphatic heterocycles.